The second-order valence-corrected chi connectivity index (χ2v) is 4.06. The van der Waals surface area contributed by atoms with Crippen molar-refractivity contribution < 1.29 is 9.53 Å². The number of rotatable bonds is 3. The van der Waals surface area contributed by atoms with Gasteiger partial charge in [0.05, 0.1) is 0 Å². The van der Waals surface area contributed by atoms with Crippen LogP contribution in [0.3, 0.4) is 0 Å². The Kier molecular flexibility index (Phi) is 3.55. The Bertz CT molecular complexity index is 519. The molecule has 1 aliphatic rings. The fraction of sp³-hybridized carbons (Fsp3) is 0.267. The van der Waals surface area contributed by atoms with E-state index >= 15 is 0 Å². The minimum absolute atomic E-state index is 0.00914. The molecule has 1 amide bonds. The highest BCUT2D eigenvalue weighted by atomic mass is 16.5. The normalized spacial score (nSPS) is 18.2. The first-order valence-corrected chi connectivity index (χ1v) is 5.67. The van der Waals surface area contributed by atoms with Gasteiger partial charge in [0.25, 0.3) is 0 Å². The topological polar surface area (TPSA) is 29.5 Å². The van der Waals surface area contributed by atoms with E-state index in [0.29, 0.717) is 18.7 Å². The Morgan fingerprint density at radius 2 is 2.06 bits per heavy atom. The van der Waals surface area contributed by atoms with Crippen LogP contribution in [-0.4, -0.2) is 19.1 Å². The molecule has 90 valence electrons. The number of hydrogen-bond acceptors (Lipinski definition) is 2. The molecular formula is C15H13NO2. The maximum atomic E-state index is 11.8. The highest BCUT2D eigenvalue weighted by Crippen LogP contribution is 2.26. The minimum Gasteiger partial charge on any atom is -0.481 e. The Labute approximate surface area is 107 Å². The van der Waals surface area contributed by atoms with Crippen LogP contribution < -0.4 is 9.64 Å². The predicted molar refractivity (Wildman–Crippen MR) is 70.1 cm³/mol. The van der Waals surface area contributed by atoms with Gasteiger partial charge in [-0.25, -0.2) is 0 Å². The number of amides is 1. The summed E-state index contributed by atoms with van der Waals surface area (Å²) in [7, 11) is 0. The zero-order valence-corrected chi connectivity index (χ0v) is 9.93. The number of terminal acetylenes is 2. The van der Waals surface area contributed by atoms with E-state index in [-0.39, 0.29) is 18.4 Å². The van der Waals surface area contributed by atoms with Gasteiger partial charge in [0, 0.05) is 24.6 Å². The lowest BCUT2D eigenvalue weighted by atomic mass is 10.1. The molecule has 0 bridgehead atoms. The van der Waals surface area contributed by atoms with Crippen molar-refractivity contribution in [2.75, 3.05) is 18.1 Å². The van der Waals surface area contributed by atoms with Crippen LogP contribution in [0, 0.1) is 30.6 Å². The van der Waals surface area contributed by atoms with Gasteiger partial charge in [-0.2, -0.15) is 0 Å². The van der Waals surface area contributed by atoms with Gasteiger partial charge in [0.15, 0.2) is 0 Å². The Hall–Kier alpha value is -2.39. The Balaban J connectivity index is 2.09. The lowest BCUT2D eigenvalue weighted by molar-refractivity contribution is -0.117. The molecular weight excluding hydrogens is 226 g/mol. The van der Waals surface area contributed by atoms with Crippen LogP contribution in [0.15, 0.2) is 24.3 Å². The van der Waals surface area contributed by atoms with Gasteiger partial charge in [0.1, 0.15) is 12.4 Å². The molecule has 0 N–H and O–H groups in total. The van der Waals surface area contributed by atoms with Crippen molar-refractivity contribution in [1.82, 2.24) is 0 Å². The van der Waals surface area contributed by atoms with Gasteiger partial charge >= 0.3 is 0 Å². The molecule has 1 fully saturated rings. The van der Waals surface area contributed by atoms with Crippen LogP contribution >= 0.6 is 0 Å². The molecule has 1 atom stereocenters. The van der Waals surface area contributed by atoms with Gasteiger partial charge in [-0.05, 0) is 24.3 Å². The Morgan fingerprint density at radius 1 is 1.33 bits per heavy atom. The van der Waals surface area contributed by atoms with Crippen LogP contribution in [0.25, 0.3) is 0 Å². The van der Waals surface area contributed by atoms with Crippen LogP contribution in [0.2, 0.25) is 0 Å². The first-order chi connectivity index (χ1) is 8.74. The summed E-state index contributed by atoms with van der Waals surface area (Å²) in [6.07, 6.45) is 10.9. The number of benzene rings is 1. The van der Waals surface area contributed by atoms with Crippen molar-refractivity contribution in [3.05, 3.63) is 24.3 Å². The smallest absolute Gasteiger partial charge is 0.228 e. The fourth-order valence-corrected chi connectivity index (χ4v) is 1.92. The number of anilines is 1. The van der Waals surface area contributed by atoms with Gasteiger partial charge in [-0.1, -0.05) is 5.92 Å². The lowest BCUT2D eigenvalue weighted by Gasteiger charge is -2.16. The maximum absolute atomic E-state index is 11.8. The summed E-state index contributed by atoms with van der Waals surface area (Å²) < 4.78 is 5.27. The molecule has 3 nitrogen and oxygen atoms in total. The van der Waals surface area contributed by atoms with E-state index in [0.717, 1.165) is 5.69 Å². The number of carbonyl (C=O) groups is 1. The summed E-state index contributed by atoms with van der Waals surface area (Å²) in [5.41, 5.74) is 0.839. The average molecular weight is 239 g/mol. The van der Waals surface area contributed by atoms with Crippen molar-refractivity contribution in [3.8, 4) is 30.4 Å². The second-order valence-electron chi connectivity index (χ2n) is 4.06. The Morgan fingerprint density at radius 3 is 2.61 bits per heavy atom. The first-order valence-electron chi connectivity index (χ1n) is 5.67. The molecule has 3 heteroatoms. The molecule has 0 radical (unpaired) electrons. The van der Waals surface area contributed by atoms with E-state index in [9.17, 15) is 4.79 Å². The zero-order valence-electron chi connectivity index (χ0n) is 9.93. The van der Waals surface area contributed by atoms with E-state index in [4.69, 9.17) is 17.6 Å². The first kappa shape index (κ1) is 12.1. The quantitative estimate of drug-likeness (QED) is 0.751. The molecule has 1 aliphatic heterocycles. The third-order valence-electron chi connectivity index (χ3n) is 2.83. The SMILES string of the molecule is C#CCOc1ccc(N2CC(C#C)CC2=O)cc1. The second kappa shape index (κ2) is 5.29. The maximum Gasteiger partial charge on any atom is 0.228 e. The molecule has 1 heterocycles. The van der Waals surface area contributed by atoms with Crippen LogP contribution in [-0.2, 0) is 4.79 Å². The number of ether oxygens (including phenoxy) is 1. The summed E-state index contributed by atoms with van der Waals surface area (Å²) in [6, 6.07) is 7.26. The molecule has 1 unspecified atom stereocenters. The van der Waals surface area contributed by atoms with E-state index in [1.807, 2.05) is 12.1 Å². The van der Waals surface area contributed by atoms with Crippen molar-refractivity contribution in [2.45, 2.75) is 6.42 Å². The molecule has 0 aliphatic carbocycles. The van der Waals surface area contributed by atoms with E-state index in [1.54, 1.807) is 17.0 Å². The third kappa shape index (κ3) is 2.47. The van der Waals surface area contributed by atoms with Crippen molar-refractivity contribution >= 4 is 11.6 Å². The summed E-state index contributed by atoms with van der Waals surface area (Å²) in [6.45, 7) is 0.820. The molecule has 0 saturated carbocycles. The van der Waals surface area contributed by atoms with E-state index in [2.05, 4.69) is 11.8 Å². The summed E-state index contributed by atoms with van der Waals surface area (Å²) in [5.74, 6) is 5.79. The number of carbonyl (C=O) groups excluding carboxylic acids is 1. The highest BCUT2D eigenvalue weighted by molar-refractivity contribution is 5.96. The molecule has 0 aromatic heterocycles. The largest absolute Gasteiger partial charge is 0.481 e. The minimum atomic E-state index is 0.00914. The van der Waals surface area contributed by atoms with Gasteiger partial charge in [-0.3, -0.25) is 4.79 Å². The van der Waals surface area contributed by atoms with Gasteiger partial charge < -0.3 is 9.64 Å². The molecule has 0 spiro atoms. The van der Waals surface area contributed by atoms with Crippen molar-refractivity contribution in [3.63, 3.8) is 0 Å². The predicted octanol–water partition coefficient (Wildman–Crippen LogP) is 1.68. The van der Waals surface area contributed by atoms with Crippen LogP contribution in [0.4, 0.5) is 5.69 Å². The van der Waals surface area contributed by atoms with E-state index < -0.39 is 0 Å². The van der Waals surface area contributed by atoms with Gasteiger partial charge in [0.2, 0.25) is 5.91 Å². The molecule has 2 rings (SSSR count). The third-order valence-corrected chi connectivity index (χ3v) is 2.83. The monoisotopic (exact) mass is 239 g/mol. The van der Waals surface area contributed by atoms with Crippen molar-refractivity contribution in [2.24, 2.45) is 5.92 Å². The summed E-state index contributed by atoms with van der Waals surface area (Å²) in [5, 5.41) is 0. The van der Waals surface area contributed by atoms with Gasteiger partial charge in [-0.15, -0.1) is 18.8 Å². The lowest BCUT2D eigenvalue weighted by Crippen LogP contribution is -2.24. The van der Waals surface area contributed by atoms with E-state index in [1.165, 1.54) is 0 Å². The highest BCUT2D eigenvalue weighted by Gasteiger charge is 2.29. The summed E-state index contributed by atoms with van der Waals surface area (Å²) >= 11 is 0. The van der Waals surface area contributed by atoms with Crippen molar-refractivity contribution in [1.29, 1.82) is 0 Å². The average Bonchev–Trinajstić information content (AvgIpc) is 2.78. The zero-order chi connectivity index (χ0) is 13.0. The van der Waals surface area contributed by atoms with Crippen LogP contribution in [0.1, 0.15) is 6.42 Å². The number of nitrogens with zero attached hydrogens (tertiary/aromatic N) is 1. The molecule has 1 saturated heterocycles. The standard InChI is InChI=1S/C15H13NO2/c1-3-9-18-14-7-5-13(6-8-14)16-11-12(4-2)10-15(16)17/h1-2,5-8,12H,9-11H2. The molecule has 1 aromatic carbocycles. The molecule has 18 heavy (non-hydrogen) atoms. The van der Waals surface area contributed by atoms with Crippen LogP contribution in [0.5, 0.6) is 5.75 Å². The summed E-state index contributed by atoms with van der Waals surface area (Å²) in [4.78, 5) is 13.5. The molecule has 1 aromatic rings. The number of hydrogen-bond donors (Lipinski definition) is 0. The fourth-order valence-electron chi connectivity index (χ4n) is 1.92.